The van der Waals surface area contributed by atoms with E-state index in [0.29, 0.717) is 17.0 Å². The summed E-state index contributed by atoms with van der Waals surface area (Å²) in [4.78, 5) is 26.4. The van der Waals surface area contributed by atoms with Crippen molar-refractivity contribution < 1.29 is 9.59 Å². The van der Waals surface area contributed by atoms with Crippen LogP contribution in [-0.4, -0.2) is 48.6 Å². The number of rotatable bonds is 5. The van der Waals surface area contributed by atoms with Crippen molar-refractivity contribution in [1.82, 2.24) is 10.2 Å². The minimum atomic E-state index is -0.0453. The molecule has 0 bridgehead atoms. The first kappa shape index (κ1) is 20.8. The van der Waals surface area contributed by atoms with Crippen molar-refractivity contribution in [2.45, 2.75) is 10.6 Å². The van der Waals surface area contributed by atoms with Crippen molar-refractivity contribution in [3.8, 4) is 0 Å². The normalized spacial score (nSPS) is 14.2. The molecule has 0 spiro atoms. The van der Waals surface area contributed by atoms with Crippen LogP contribution in [0.1, 0.15) is 16.8 Å². The van der Waals surface area contributed by atoms with E-state index in [1.165, 1.54) is 11.8 Å². The summed E-state index contributed by atoms with van der Waals surface area (Å²) in [5.74, 6) is 0.382. The van der Waals surface area contributed by atoms with Crippen LogP contribution >= 0.6 is 35.5 Å². The fourth-order valence-corrected chi connectivity index (χ4v) is 4.19. The molecule has 2 heterocycles. The highest BCUT2D eigenvalue weighted by Gasteiger charge is 2.17. The van der Waals surface area contributed by atoms with Crippen molar-refractivity contribution >= 4 is 53.0 Å². The molecule has 0 unspecified atom stereocenters. The number of thiophene rings is 1. The van der Waals surface area contributed by atoms with E-state index in [4.69, 9.17) is 0 Å². The Morgan fingerprint density at radius 1 is 1.15 bits per heavy atom. The van der Waals surface area contributed by atoms with Crippen molar-refractivity contribution in [3.05, 3.63) is 47.3 Å². The fourth-order valence-electron chi connectivity index (χ4n) is 2.61. The highest BCUT2D eigenvalue weighted by Crippen LogP contribution is 2.23. The molecule has 1 fully saturated rings. The Morgan fingerprint density at radius 3 is 2.69 bits per heavy atom. The molecule has 0 saturated carbocycles. The van der Waals surface area contributed by atoms with Gasteiger partial charge < -0.3 is 15.5 Å². The number of hydrogen-bond acceptors (Lipinski definition) is 5. The minimum absolute atomic E-state index is 0. The van der Waals surface area contributed by atoms with Crippen LogP contribution in [0.4, 0.5) is 5.69 Å². The fraction of sp³-hybridized carbons (Fsp3) is 0.333. The lowest BCUT2D eigenvalue weighted by molar-refractivity contribution is -0.113. The molecule has 1 aromatic heterocycles. The van der Waals surface area contributed by atoms with Crippen LogP contribution in [0, 0.1) is 0 Å². The topological polar surface area (TPSA) is 61.4 Å². The molecule has 5 nitrogen and oxygen atoms in total. The van der Waals surface area contributed by atoms with Crippen LogP contribution in [-0.2, 0) is 4.79 Å². The maximum absolute atomic E-state index is 12.5. The van der Waals surface area contributed by atoms with Gasteiger partial charge in [-0.3, -0.25) is 9.59 Å². The molecule has 140 valence electrons. The molecule has 2 amide bonds. The molecule has 1 aliphatic rings. The molecule has 3 rings (SSSR count). The molecule has 1 saturated heterocycles. The highest BCUT2D eigenvalue weighted by molar-refractivity contribution is 8.01. The summed E-state index contributed by atoms with van der Waals surface area (Å²) in [6.07, 6.45) is 0.974. The predicted molar refractivity (Wildman–Crippen MR) is 111 cm³/mol. The van der Waals surface area contributed by atoms with E-state index >= 15 is 0 Å². The van der Waals surface area contributed by atoms with Gasteiger partial charge in [-0.1, -0.05) is 6.07 Å². The zero-order valence-electron chi connectivity index (χ0n) is 14.3. The standard InChI is InChI=1S/C18H21N3O2S2.ClH/c22-16(13-25-17-3-1-12-24-17)20-15-6-4-14(5-7-15)18(23)21-10-2-8-19-9-11-21;/h1,3-7,12,19H,2,8-11,13H2,(H,20,22);1H. The molecule has 1 aliphatic heterocycles. The molecule has 26 heavy (non-hydrogen) atoms. The van der Waals surface area contributed by atoms with Gasteiger partial charge in [0.25, 0.3) is 5.91 Å². The van der Waals surface area contributed by atoms with Crippen molar-refractivity contribution in [1.29, 1.82) is 0 Å². The Balaban J connectivity index is 0.00000243. The number of carbonyl (C=O) groups is 2. The summed E-state index contributed by atoms with van der Waals surface area (Å²) in [7, 11) is 0. The van der Waals surface area contributed by atoms with Crippen LogP contribution in [0.25, 0.3) is 0 Å². The lowest BCUT2D eigenvalue weighted by Gasteiger charge is -2.20. The van der Waals surface area contributed by atoms with Crippen LogP contribution in [0.3, 0.4) is 0 Å². The average molecular weight is 412 g/mol. The summed E-state index contributed by atoms with van der Waals surface area (Å²) in [5, 5.41) is 8.16. The van der Waals surface area contributed by atoms with Gasteiger partial charge in [-0.25, -0.2) is 0 Å². The largest absolute Gasteiger partial charge is 0.337 e. The van der Waals surface area contributed by atoms with E-state index in [0.717, 1.165) is 36.8 Å². The molecule has 0 atom stereocenters. The minimum Gasteiger partial charge on any atom is -0.337 e. The Bertz CT molecular complexity index is 700. The summed E-state index contributed by atoms with van der Waals surface area (Å²) in [6.45, 7) is 3.31. The first-order valence-electron chi connectivity index (χ1n) is 8.28. The van der Waals surface area contributed by atoms with Gasteiger partial charge in [0, 0.05) is 30.9 Å². The Morgan fingerprint density at radius 2 is 1.96 bits per heavy atom. The van der Waals surface area contributed by atoms with E-state index in [2.05, 4.69) is 10.6 Å². The zero-order chi connectivity index (χ0) is 17.5. The van der Waals surface area contributed by atoms with Gasteiger partial charge >= 0.3 is 0 Å². The van der Waals surface area contributed by atoms with Crippen molar-refractivity contribution in [2.24, 2.45) is 0 Å². The summed E-state index contributed by atoms with van der Waals surface area (Å²) in [5.41, 5.74) is 1.37. The molecule has 0 aliphatic carbocycles. The second-order valence-corrected chi connectivity index (χ2v) is 7.97. The number of benzene rings is 1. The number of anilines is 1. The number of thioether (sulfide) groups is 1. The third-order valence-electron chi connectivity index (χ3n) is 3.88. The zero-order valence-corrected chi connectivity index (χ0v) is 16.7. The van der Waals surface area contributed by atoms with Crippen molar-refractivity contribution in [3.63, 3.8) is 0 Å². The van der Waals surface area contributed by atoms with Gasteiger partial charge in [-0.15, -0.1) is 35.5 Å². The molecule has 1 aromatic carbocycles. The summed E-state index contributed by atoms with van der Waals surface area (Å²) in [6, 6.07) is 11.1. The summed E-state index contributed by atoms with van der Waals surface area (Å²) >= 11 is 3.15. The van der Waals surface area contributed by atoms with Crippen LogP contribution in [0.2, 0.25) is 0 Å². The second-order valence-electron chi connectivity index (χ2n) is 5.74. The number of halogens is 1. The first-order chi connectivity index (χ1) is 12.2. The van der Waals surface area contributed by atoms with Gasteiger partial charge in [-0.2, -0.15) is 0 Å². The number of hydrogen-bond donors (Lipinski definition) is 2. The van der Waals surface area contributed by atoms with E-state index in [1.54, 1.807) is 35.6 Å². The SMILES string of the molecule is Cl.O=C(CSc1cccs1)Nc1ccc(C(=O)N2CCCNCC2)cc1. The maximum atomic E-state index is 12.5. The second kappa shape index (κ2) is 10.6. The number of amides is 2. The van der Waals surface area contributed by atoms with Gasteiger partial charge in [0.15, 0.2) is 0 Å². The van der Waals surface area contributed by atoms with Gasteiger partial charge in [-0.05, 0) is 48.7 Å². The van der Waals surface area contributed by atoms with E-state index < -0.39 is 0 Å². The Kier molecular flexibility index (Phi) is 8.44. The monoisotopic (exact) mass is 411 g/mol. The Hall–Kier alpha value is -1.54. The quantitative estimate of drug-likeness (QED) is 0.741. The maximum Gasteiger partial charge on any atom is 0.253 e. The van der Waals surface area contributed by atoms with E-state index in [9.17, 15) is 9.59 Å². The van der Waals surface area contributed by atoms with E-state index in [-0.39, 0.29) is 24.2 Å². The van der Waals surface area contributed by atoms with Gasteiger partial charge in [0.1, 0.15) is 0 Å². The summed E-state index contributed by atoms with van der Waals surface area (Å²) < 4.78 is 1.13. The molecular formula is C18H22ClN3O2S2. The third-order valence-corrected chi connectivity index (χ3v) is 6.01. The molecule has 2 aromatic rings. The molecule has 8 heteroatoms. The van der Waals surface area contributed by atoms with Crippen LogP contribution < -0.4 is 10.6 Å². The van der Waals surface area contributed by atoms with Gasteiger partial charge in [0.2, 0.25) is 5.91 Å². The van der Waals surface area contributed by atoms with Gasteiger partial charge in [0.05, 0.1) is 9.96 Å². The lowest BCUT2D eigenvalue weighted by Crippen LogP contribution is -2.34. The van der Waals surface area contributed by atoms with E-state index in [1.807, 2.05) is 22.4 Å². The van der Waals surface area contributed by atoms with Crippen molar-refractivity contribution in [2.75, 3.05) is 37.2 Å². The predicted octanol–water partition coefficient (Wildman–Crippen LogP) is 3.34. The molecular weight excluding hydrogens is 390 g/mol. The molecule has 0 radical (unpaired) electrons. The smallest absolute Gasteiger partial charge is 0.253 e. The number of carbonyl (C=O) groups excluding carboxylic acids is 2. The van der Waals surface area contributed by atoms with Crippen LogP contribution in [0.5, 0.6) is 0 Å². The number of nitrogens with one attached hydrogen (secondary N) is 2. The molecule has 2 N–H and O–H groups in total. The van der Waals surface area contributed by atoms with Crippen LogP contribution in [0.15, 0.2) is 46.0 Å². The average Bonchev–Trinajstić information content (AvgIpc) is 3.00. The Labute approximate surface area is 168 Å². The lowest BCUT2D eigenvalue weighted by atomic mass is 10.1. The highest BCUT2D eigenvalue weighted by atomic mass is 35.5. The number of nitrogens with zero attached hydrogens (tertiary/aromatic N) is 1. The first-order valence-corrected chi connectivity index (χ1v) is 10.1. The third kappa shape index (κ3) is 6.02.